The Balaban J connectivity index is 1.96. The highest BCUT2D eigenvalue weighted by Gasteiger charge is 2.06. The van der Waals surface area contributed by atoms with Gasteiger partial charge in [-0.3, -0.25) is 0 Å². The Morgan fingerprint density at radius 1 is 1.10 bits per heavy atom. The molecule has 0 aliphatic heterocycles. The fourth-order valence-corrected chi connectivity index (χ4v) is 2.05. The van der Waals surface area contributed by atoms with Gasteiger partial charge in [0.1, 0.15) is 0 Å². The highest BCUT2D eigenvalue weighted by atomic mass is 16.3. The van der Waals surface area contributed by atoms with E-state index in [2.05, 4.69) is 10.1 Å². The molecule has 1 atom stereocenters. The molecule has 4 nitrogen and oxygen atoms in total. The normalized spacial score (nSPS) is 12.3. The summed E-state index contributed by atoms with van der Waals surface area (Å²) in [5, 5.41) is 14.0. The van der Waals surface area contributed by atoms with Crippen LogP contribution in [0.25, 0.3) is 16.9 Å². The Morgan fingerprint density at radius 3 is 2.65 bits per heavy atom. The van der Waals surface area contributed by atoms with Crippen molar-refractivity contribution < 1.29 is 5.11 Å². The second-order valence-electron chi connectivity index (χ2n) is 4.66. The average Bonchev–Trinajstić information content (AvgIpc) is 2.98. The van der Waals surface area contributed by atoms with Crippen molar-refractivity contribution in [1.29, 1.82) is 0 Å². The molecule has 0 aliphatic carbocycles. The molecule has 0 fully saturated rings. The summed E-state index contributed by atoms with van der Waals surface area (Å²) in [4.78, 5) is 4.29. The van der Waals surface area contributed by atoms with Crippen molar-refractivity contribution in [3.8, 4) is 16.9 Å². The van der Waals surface area contributed by atoms with Gasteiger partial charge in [-0.05, 0) is 30.2 Å². The van der Waals surface area contributed by atoms with Crippen LogP contribution in [0.2, 0.25) is 0 Å². The zero-order chi connectivity index (χ0) is 13.9. The first-order valence-electron chi connectivity index (χ1n) is 6.48. The van der Waals surface area contributed by atoms with Crippen LogP contribution in [0.4, 0.5) is 0 Å². The molecule has 3 aromatic rings. The molecule has 1 aromatic carbocycles. The summed E-state index contributed by atoms with van der Waals surface area (Å²) in [5.41, 5.74) is 2.98. The molecule has 100 valence electrons. The molecule has 2 aromatic heterocycles. The Morgan fingerprint density at radius 2 is 1.90 bits per heavy atom. The fraction of sp³-hybridized carbons (Fsp3) is 0.125. The molecule has 0 unspecified atom stereocenters. The molecule has 0 amide bonds. The van der Waals surface area contributed by atoms with Crippen LogP contribution in [0.5, 0.6) is 0 Å². The second kappa shape index (κ2) is 5.27. The summed E-state index contributed by atoms with van der Waals surface area (Å²) in [6, 6.07) is 13.7. The van der Waals surface area contributed by atoms with Crippen molar-refractivity contribution >= 4 is 0 Å². The number of nitrogens with zero attached hydrogens (tertiary/aromatic N) is 3. The monoisotopic (exact) mass is 265 g/mol. The molecule has 0 saturated carbocycles. The average molecular weight is 265 g/mol. The molecule has 3 rings (SSSR count). The third kappa shape index (κ3) is 2.46. The highest BCUT2D eigenvalue weighted by Crippen LogP contribution is 2.20. The number of pyridine rings is 1. The summed E-state index contributed by atoms with van der Waals surface area (Å²) in [7, 11) is 0. The molecule has 20 heavy (non-hydrogen) atoms. The minimum atomic E-state index is -0.513. The van der Waals surface area contributed by atoms with Gasteiger partial charge >= 0.3 is 0 Å². The molecule has 0 spiro atoms. The van der Waals surface area contributed by atoms with Crippen molar-refractivity contribution in [3.63, 3.8) is 0 Å². The lowest BCUT2D eigenvalue weighted by Gasteiger charge is -2.06. The molecule has 2 heterocycles. The zero-order valence-corrected chi connectivity index (χ0v) is 11.1. The Labute approximate surface area is 117 Å². The highest BCUT2D eigenvalue weighted by molar-refractivity contribution is 5.61. The fourth-order valence-electron chi connectivity index (χ4n) is 2.05. The van der Waals surface area contributed by atoms with Crippen molar-refractivity contribution in [2.45, 2.75) is 13.0 Å². The third-order valence-electron chi connectivity index (χ3n) is 3.18. The molecule has 1 N–H and O–H groups in total. The quantitative estimate of drug-likeness (QED) is 0.792. The predicted molar refractivity (Wildman–Crippen MR) is 77.4 cm³/mol. The van der Waals surface area contributed by atoms with Crippen molar-refractivity contribution in [3.05, 3.63) is 66.6 Å². The molecule has 0 radical (unpaired) electrons. The van der Waals surface area contributed by atoms with Crippen LogP contribution >= 0.6 is 0 Å². The van der Waals surface area contributed by atoms with Crippen LogP contribution in [0.1, 0.15) is 18.6 Å². The van der Waals surface area contributed by atoms with Gasteiger partial charge in [0.15, 0.2) is 5.82 Å². The zero-order valence-electron chi connectivity index (χ0n) is 11.1. The van der Waals surface area contributed by atoms with Gasteiger partial charge < -0.3 is 5.11 Å². The lowest BCUT2D eigenvalue weighted by Crippen LogP contribution is -2.00. The first-order chi connectivity index (χ1) is 9.74. The summed E-state index contributed by atoms with van der Waals surface area (Å²) in [5.74, 6) is 0.700. The van der Waals surface area contributed by atoms with E-state index in [4.69, 9.17) is 0 Å². The smallest absolute Gasteiger partial charge is 0.153 e. The maximum atomic E-state index is 9.62. The SMILES string of the molecule is C[C@@H](O)c1ccnc(-n2cc(-c3ccccc3)cn2)c1. The number of rotatable bonds is 3. The number of hydrogen-bond donors (Lipinski definition) is 1. The molecule has 4 heteroatoms. The number of aliphatic hydroxyl groups excluding tert-OH is 1. The number of aromatic nitrogens is 3. The second-order valence-corrected chi connectivity index (χ2v) is 4.66. The van der Waals surface area contributed by atoms with E-state index < -0.39 is 6.10 Å². The van der Waals surface area contributed by atoms with Crippen molar-refractivity contribution in [2.24, 2.45) is 0 Å². The predicted octanol–water partition coefficient (Wildman–Crippen LogP) is 2.99. The van der Waals surface area contributed by atoms with Gasteiger partial charge in [0, 0.05) is 18.0 Å². The van der Waals surface area contributed by atoms with E-state index in [0.717, 1.165) is 16.7 Å². The minimum absolute atomic E-state index is 0.513. The summed E-state index contributed by atoms with van der Waals surface area (Å²) in [6.45, 7) is 1.73. The summed E-state index contributed by atoms with van der Waals surface area (Å²) in [6.07, 6.45) is 4.91. The van der Waals surface area contributed by atoms with Gasteiger partial charge in [0.25, 0.3) is 0 Å². The van der Waals surface area contributed by atoms with Gasteiger partial charge in [-0.2, -0.15) is 5.10 Å². The summed E-state index contributed by atoms with van der Waals surface area (Å²) >= 11 is 0. The Hall–Kier alpha value is -2.46. The van der Waals surface area contributed by atoms with Gasteiger partial charge in [0.05, 0.1) is 12.3 Å². The Kier molecular flexibility index (Phi) is 3.31. The molecular formula is C16H15N3O. The third-order valence-corrected chi connectivity index (χ3v) is 3.18. The standard InChI is InChI=1S/C16H15N3O/c1-12(20)14-7-8-17-16(9-14)19-11-15(10-18-19)13-5-3-2-4-6-13/h2-12,20H,1H3/t12-/m1/s1. The Bertz CT molecular complexity index is 705. The first kappa shape index (κ1) is 12.6. The van der Waals surface area contributed by atoms with Crippen LogP contribution in [0.3, 0.4) is 0 Å². The van der Waals surface area contributed by atoms with Crippen LogP contribution in [-0.2, 0) is 0 Å². The first-order valence-corrected chi connectivity index (χ1v) is 6.48. The van der Waals surface area contributed by atoms with Crippen LogP contribution in [0, 0.1) is 0 Å². The topological polar surface area (TPSA) is 50.9 Å². The maximum absolute atomic E-state index is 9.62. The minimum Gasteiger partial charge on any atom is -0.389 e. The van der Waals surface area contributed by atoms with E-state index in [-0.39, 0.29) is 0 Å². The van der Waals surface area contributed by atoms with Gasteiger partial charge in [0.2, 0.25) is 0 Å². The maximum Gasteiger partial charge on any atom is 0.153 e. The number of benzene rings is 1. The van der Waals surface area contributed by atoms with E-state index in [1.54, 1.807) is 23.9 Å². The lowest BCUT2D eigenvalue weighted by molar-refractivity contribution is 0.199. The van der Waals surface area contributed by atoms with Crippen LogP contribution < -0.4 is 0 Å². The molecule has 0 aliphatic rings. The van der Waals surface area contributed by atoms with Gasteiger partial charge in [-0.15, -0.1) is 0 Å². The summed E-state index contributed by atoms with van der Waals surface area (Å²) < 4.78 is 1.72. The van der Waals surface area contributed by atoms with E-state index in [0.29, 0.717) is 5.82 Å². The van der Waals surface area contributed by atoms with E-state index >= 15 is 0 Å². The van der Waals surface area contributed by atoms with Crippen molar-refractivity contribution in [1.82, 2.24) is 14.8 Å². The van der Waals surface area contributed by atoms with Gasteiger partial charge in [-0.25, -0.2) is 9.67 Å². The number of hydrogen-bond acceptors (Lipinski definition) is 3. The van der Waals surface area contributed by atoms with Gasteiger partial charge in [-0.1, -0.05) is 30.3 Å². The van der Waals surface area contributed by atoms with Crippen molar-refractivity contribution in [2.75, 3.05) is 0 Å². The number of aliphatic hydroxyl groups is 1. The molecular weight excluding hydrogens is 250 g/mol. The van der Waals surface area contributed by atoms with E-state index in [9.17, 15) is 5.11 Å². The van der Waals surface area contributed by atoms with E-state index in [1.165, 1.54) is 0 Å². The van der Waals surface area contributed by atoms with Crippen LogP contribution in [0.15, 0.2) is 61.1 Å². The molecule has 0 saturated heterocycles. The lowest BCUT2D eigenvalue weighted by atomic mass is 10.1. The van der Waals surface area contributed by atoms with Crippen LogP contribution in [-0.4, -0.2) is 19.9 Å². The van der Waals surface area contributed by atoms with E-state index in [1.807, 2.05) is 48.8 Å². The largest absolute Gasteiger partial charge is 0.389 e. The molecule has 0 bridgehead atoms.